The SMILES string of the molecule is CCOCc1nc(Cl)cc(N2CCCCC2CCO)n1. The van der Waals surface area contributed by atoms with Gasteiger partial charge in [0, 0.05) is 31.9 Å². The molecule has 6 heteroatoms. The lowest BCUT2D eigenvalue weighted by Gasteiger charge is -2.36. The van der Waals surface area contributed by atoms with Gasteiger partial charge in [0.2, 0.25) is 0 Å². The summed E-state index contributed by atoms with van der Waals surface area (Å²) in [4.78, 5) is 11.0. The van der Waals surface area contributed by atoms with Gasteiger partial charge in [-0.05, 0) is 32.6 Å². The summed E-state index contributed by atoms with van der Waals surface area (Å²) < 4.78 is 5.35. The molecule has 1 saturated heterocycles. The Morgan fingerprint density at radius 3 is 3.05 bits per heavy atom. The Morgan fingerprint density at radius 2 is 2.30 bits per heavy atom. The number of piperidine rings is 1. The fourth-order valence-electron chi connectivity index (χ4n) is 2.61. The van der Waals surface area contributed by atoms with Crippen LogP contribution in [-0.4, -0.2) is 40.9 Å². The van der Waals surface area contributed by atoms with Crippen molar-refractivity contribution in [1.82, 2.24) is 9.97 Å². The average molecular weight is 300 g/mol. The largest absolute Gasteiger partial charge is 0.396 e. The van der Waals surface area contributed by atoms with Crippen LogP contribution in [0.15, 0.2) is 6.07 Å². The van der Waals surface area contributed by atoms with Crippen molar-refractivity contribution in [2.24, 2.45) is 0 Å². The highest BCUT2D eigenvalue weighted by atomic mass is 35.5. The van der Waals surface area contributed by atoms with Gasteiger partial charge in [0.1, 0.15) is 17.6 Å². The summed E-state index contributed by atoms with van der Waals surface area (Å²) in [5, 5.41) is 9.65. The van der Waals surface area contributed by atoms with Crippen molar-refractivity contribution in [3.63, 3.8) is 0 Å². The van der Waals surface area contributed by atoms with Gasteiger partial charge in [0.15, 0.2) is 5.82 Å². The zero-order valence-electron chi connectivity index (χ0n) is 11.9. The van der Waals surface area contributed by atoms with Gasteiger partial charge in [0.05, 0.1) is 0 Å². The lowest BCUT2D eigenvalue weighted by Crippen LogP contribution is -2.40. The van der Waals surface area contributed by atoms with Gasteiger partial charge in [-0.25, -0.2) is 9.97 Å². The molecule has 0 amide bonds. The second-order valence-corrected chi connectivity index (χ2v) is 5.34. The van der Waals surface area contributed by atoms with Crippen molar-refractivity contribution in [3.05, 3.63) is 17.0 Å². The van der Waals surface area contributed by atoms with Crippen molar-refractivity contribution in [1.29, 1.82) is 0 Å². The zero-order chi connectivity index (χ0) is 14.4. The number of aliphatic hydroxyl groups is 1. The van der Waals surface area contributed by atoms with Gasteiger partial charge in [-0.3, -0.25) is 0 Å². The molecule has 1 aromatic rings. The number of aliphatic hydroxyl groups excluding tert-OH is 1. The highest BCUT2D eigenvalue weighted by Crippen LogP contribution is 2.26. The Labute approximate surface area is 124 Å². The Morgan fingerprint density at radius 1 is 1.45 bits per heavy atom. The quantitative estimate of drug-likeness (QED) is 0.818. The second-order valence-electron chi connectivity index (χ2n) is 4.96. The number of nitrogens with zero attached hydrogens (tertiary/aromatic N) is 3. The van der Waals surface area contributed by atoms with Crippen molar-refractivity contribution >= 4 is 17.4 Å². The molecule has 0 saturated carbocycles. The van der Waals surface area contributed by atoms with Crippen LogP contribution in [0.2, 0.25) is 5.15 Å². The van der Waals surface area contributed by atoms with Crippen LogP contribution >= 0.6 is 11.6 Å². The number of halogens is 1. The Balaban J connectivity index is 2.18. The molecule has 1 aliphatic rings. The molecule has 112 valence electrons. The average Bonchev–Trinajstić information content (AvgIpc) is 2.45. The van der Waals surface area contributed by atoms with E-state index in [-0.39, 0.29) is 6.61 Å². The Bertz CT molecular complexity index is 429. The maximum absolute atomic E-state index is 9.20. The fourth-order valence-corrected chi connectivity index (χ4v) is 2.80. The summed E-state index contributed by atoms with van der Waals surface area (Å²) in [6, 6.07) is 2.13. The maximum Gasteiger partial charge on any atom is 0.158 e. The third kappa shape index (κ3) is 4.04. The molecular weight excluding hydrogens is 278 g/mol. The highest BCUT2D eigenvalue weighted by molar-refractivity contribution is 6.29. The van der Waals surface area contributed by atoms with E-state index in [1.165, 1.54) is 6.42 Å². The number of hydrogen-bond donors (Lipinski definition) is 1. The Hall–Kier alpha value is -0.910. The molecule has 1 fully saturated rings. The second kappa shape index (κ2) is 7.76. The molecule has 0 bridgehead atoms. The van der Waals surface area contributed by atoms with E-state index < -0.39 is 0 Å². The van der Waals surface area contributed by atoms with Gasteiger partial charge in [-0.15, -0.1) is 0 Å². The number of hydrogen-bond acceptors (Lipinski definition) is 5. The first-order valence-corrected chi connectivity index (χ1v) is 7.61. The van der Waals surface area contributed by atoms with E-state index >= 15 is 0 Å². The molecule has 0 aromatic carbocycles. The van der Waals surface area contributed by atoms with Gasteiger partial charge >= 0.3 is 0 Å². The molecule has 1 aromatic heterocycles. The van der Waals surface area contributed by atoms with Gasteiger partial charge in [-0.1, -0.05) is 11.6 Å². The van der Waals surface area contributed by atoms with Crippen LogP contribution in [-0.2, 0) is 11.3 Å². The van der Waals surface area contributed by atoms with Gasteiger partial charge < -0.3 is 14.7 Å². The molecule has 1 atom stereocenters. The predicted octanol–water partition coefficient (Wildman–Crippen LogP) is 2.41. The zero-order valence-corrected chi connectivity index (χ0v) is 12.6. The van der Waals surface area contributed by atoms with Crippen LogP contribution < -0.4 is 4.90 Å². The third-order valence-corrected chi connectivity index (χ3v) is 3.74. The Kier molecular flexibility index (Phi) is 6.01. The van der Waals surface area contributed by atoms with E-state index in [2.05, 4.69) is 14.9 Å². The lowest BCUT2D eigenvalue weighted by molar-refractivity contribution is 0.128. The minimum atomic E-state index is 0.200. The first kappa shape index (κ1) is 15.5. The van der Waals surface area contributed by atoms with E-state index in [0.717, 1.165) is 31.6 Å². The molecule has 0 radical (unpaired) electrons. The minimum Gasteiger partial charge on any atom is -0.396 e. The van der Waals surface area contributed by atoms with Crippen molar-refractivity contribution in [2.45, 2.75) is 45.3 Å². The first-order chi connectivity index (χ1) is 9.74. The maximum atomic E-state index is 9.20. The molecule has 5 nitrogen and oxygen atoms in total. The summed E-state index contributed by atoms with van der Waals surface area (Å²) in [5.74, 6) is 1.46. The molecule has 2 heterocycles. The molecule has 2 rings (SSSR count). The van der Waals surface area contributed by atoms with Crippen LogP contribution in [0.4, 0.5) is 5.82 Å². The molecule has 20 heavy (non-hydrogen) atoms. The van der Waals surface area contributed by atoms with Crippen molar-refractivity contribution < 1.29 is 9.84 Å². The molecular formula is C14H22ClN3O2. The van der Waals surface area contributed by atoms with E-state index in [9.17, 15) is 5.11 Å². The van der Waals surface area contributed by atoms with Crippen LogP contribution in [0.3, 0.4) is 0 Å². The molecule has 0 aliphatic carbocycles. The highest BCUT2D eigenvalue weighted by Gasteiger charge is 2.23. The summed E-state index contributed by atoms with van der Waals surface area (Å²) in [6.45, 7) is 4.09. The van der Waals surface area contributed by atoms with E-state index in [1.807, 2.05) is 6.92 Å². The summed E-state index contributed by atoms with van der Waals surface area (Å²) in [6.07, 6.45) is 4.20. The number of rotatable bonds is 6. The lowest BCUT2D eigenvalue weighted by atomic mass is 10.00. The summed E-state index contributed by atoms with van der Waals surface area (Å²) in [7, 11) is 0. The first-order valence-electron chi connectivity index (χ1n) is 7.23. The topological polar surface area (TPSA) is 58.5 Å². The van der Waals surface area contributed by atoms with E-state index in [4.69, 9.17) is 16.3 Å². The normalized spacial score (nSPS) is 19.4. The van der Waals surface area contributed by atoms with Crippen LogP contribution in [0.1, 0.15) is 38.4 Å². The number of ether oxygens (including phenoxy) is 1. The molecule has 1 unspecified atom stereocenters. The van der Waals surface area contributed by atoms with Crippen molar-refractivity contribution in [2.75, 3.05) is 24.7 Å². The van der Waals surface area contributed by atoms with E-state index in [1.54, 1.807) is 6.07 Å². The van der Waals surface area contributed by atoms with Crippen LogP contribution in [0.5, 0.6) is 0 Å². The molecule has 1 aliphatic heterocycles. The summed E-state index contributed by atoms with van der Waals surface area (Å²) >= 11 is 6.09. The predicted molar refractivity (Wildman–Crippen MR) is 79.1 cm³/mol. The van der Waals surface area contributed by atoms with Crippen molar-refractivity contribution in [3.8, 4) is 0 Å². The minimum absolute atomic E-state index is 0.200. The number of anilines is 1. The standard InChI is InChI=1S/C14H22ClN3O2/c1-2-20-10-13-16-12(15)9-14(17-13)18-7-4-3-5-11(18)6-8-19/h9,11,19H,2-8,10H2,1H3. The van der Waals surface area contributed by atoms with Gasteiger partial charge in [-0.2, -0.15) is 0 Å². The molecule has 1 N–H and O–H groups in total. The van der Waals surface area contributed by atoms with Crippen LogP contribution in [0, 0.1) is 0 Å². The molecule has 0 spiro atoms. The van der Waals surface area contributed by atoms with Crippen LogP contribution in [0.25, 0.3) is 0 Å². The number of aromatic nitrogens is 2. The summed E-state index contributed by atoms with van der Waals surface area (Å²) in [5.41, 5.74) is 0. The van der Waals surface area contributed by atoms with Gasteiger partial charge in [0.25, 0.3) is 0 Å². The third-order valence-electron chi connectivity index (χ3n) is 3.55. The smallest absolute Gasteiger partial charge is 0.158 e. The monoisotopic (exact) mass is 299 g/mol. The fraction of sp³-hybridized carbons (Fsp3) is 0.714. The van der Waals surface area contributed by atoms with E-state index in [0.29, 0.717) is 30.2 Å².